The first kappa shape index (κ1) is 17.9. The minimum Gasteiger partial charge on any atom is -0.493 e. The lowest BCUT2D eigenvalue weighted by Crippen LogP contribution is -2.37. The Morgan fingerprint density at radius 2 is 2.26 bits per heavy atom. The molecular formula is C17H25ClN2O3. The number of benzene rings is 1. The normalized spacial score (nSPS) is 17.3. The highest BCUT2D eigenvalue weighted by atomic mass is 35.5. The molecule has 1 aliphatic heterocycles. The molecule has 0 bridgehead atoms. The number of hydrogen-bond acceptors (Lipinski definition) is 4. The van der Waals surface area contributed by atoms with Crippen LogP contribution in [0.15, 0.2) is 12.1 Å². The Morgan fingerprint density at radius 1 is 1.48 bits per heavy atom. The van der Waals surface area contributed by atoms with Crippen molar-refractivity contribution in [3.63, 3.8) is 0 Å². The summed E-state index contributed by atoms with van der Waals surface area (Å²) in [5.41, 5.74) is 0.474. The molecule has 1 fully saturated rings. The van der Waals surface area contributed by atoms with Crippen molar-refractivity contribution in [3.8, 4) is 11.5 Å². The van der Waals surface area contributed by atoms with Crippen LogP contribution in [-0.2, 0) is 0 Å². The number of carbonyl (C=O) groups is 1. The summed E-state index contributed by atoms with van der Waals surface area (Å²) in [5, 5.41) is 6.66. The molecule has 1 saturated heterocycles. The van der Waals surface area contributed by atoms with E-state index >= 15 is 0 Å². The smallest absolute Gasteiger partial charge is 0.251 e. The molecule has 0 aromatic heterocycles. The third-order valence-corrected chi connectivity index (χ3v) is 4.00. The number of halogens is 1. The minimum absolute atomic E-state index is 0.158. The van der Waals surface area contributed by atoms with E-state index < -0.39 is 0 Å². The van der Waals surface area contributed by atoms with Crippen LogP contribution in [0.25, 0.3) is 0 Å². The molecular weight excluding hydrogens is 316 g/mol. The van der Waals surface area contributed by atoms with E-state index in [9.17, 15) is 4.79 Å². The molecule has 5 nitrogen and oxygen atoms in total. The quantitative estimate of drug-likeness (QED) is 0.801. The van der Waals surface area contributed by atoms with Gasteiger partial charge in [-0.15, -0.1) is 0 Å². The Bertz CT molecular complexity index is 543. The highest BCUT2D eigenvalue weighted by Gasteiger charge is 2.18. The lowest BCUT2D eigenvalue weighted by atomic mass is 10.1. The summed E-state index contributed by atoms with van der Waals surface area (Å²) >= 11 is 6.27. The van der Waals surface area contributed by atoms with Crippen LogP contribution in [0, 0.1) is 5.92 Å². The van der Waals surface area contributed by atoms with Crippen LogP contribution in [0.2, 0.25) is 5.02 Å². The summed E-state index contributed by atoms with van der Waals surface area (Å²) in [5.74, 6) is 1.17. The van der Waals surface area contributed by atoms with Crippen molar-refractivity contribution in [3.05, 3.63) is 22.7 Å². The molecule has 6 heteroatoms. The van der Waals surface area contributed by atoms with Gasteiger partial charge in [-0.2, -0.15) is 0 Å². The summed E-state index contributed by atoms with van der Waals surface area (Å²) in [6.07, 6.45) is 2.24. The monoisotopic (exact) mass is 340 g/mol. The number of rotatable bonds is 7. The van der Waals surface area contributed by atoms with Crippen molar-refractivity contribution in [2.24, 2.45) is 5.92 Å². The van der Waals surface area contributed by atoms with E-state index in [-0.39, 0.29) is 5.91 Å². The van der Waals surface area contributed by atoms with Crippen LogP contribution in [-0.4, -0.2) is 38.8 Å². The third kappa shape index (κ3) is 5.01. The Balaban J connectivity index is 2.06. The zero-order valence-corrected chi connectivity index (χ0v) is 14.7. The molecule has 2 N–H and O–H groups in total. The predicted molar refractivity (Wildman–Crippen MR) is 91.7 cm³/mol. The summed E-state index contributed by atoms with van der Waals surface area (Å²) in [7, 11) is 1.54. The largest absolute Gasteiger partial charge is 0.493 e. The Labute approximate surface area is 142 Å². The molecule has 1 amide bonds. The van der Waals surface area contributed by atoms with Gasteiger partial charge in [-0.1, -0.05) is 25.4 Å². The van der Waals surface area contributed by atoms with E-state index in [4.69, 9.17) is 21.1 Å². The number of ether oxygens (including phenoxy) is 2. The molecule has 1 aromatic carbocycles. The number of amides is 1. The second-order valence-electron chi connectivity index (χ2n) is 6.20. The van der Waals surface area contributed by atoms with Crippen LogP contribution in [0.3, 0.4) is 0 Å². The van der Waals surface area contributed by atoms with Gasteiger partial charge in [0.25, 0.3) is 5.91 Å². The first-order valence-electron chi connectivity index (χ1n) is 8.03. The molecule has 1 heterocycles. The lowest BCUT2D eigenvalue weighted by molar-refractivity contribution is 0.0950. The predicted octanol–water partition coefficient (Wildman–Crippen LogP) is 2.87. The van der Waals surface area contributed by atoms with E-state index in [0.29, 0.717) is 47.2 Å². The van der Waals surface area contributed by atoms with Crippen LogP contribution in [0.1, 0.15) is 37.0 Å². The van der Waals surface area contributed by atoms with Crippen molar-refractivity contribution >= 4 is 17.5 Å². The first-order chi connectivity index (χ1) is 11.0. The zero-order chi connectivity index (χ0) is 16.8. The van der Waals surface area contributed by atoms with Crippen LogP contribution in [0.4, 0.5) is 0 Å². The maximum absolute atomic E-state index is 12.3. The van der Waals surface area contributed by atoms with Gasteiger partial charge in [-0.3, -0.25) is 4.79 Å². The molecule has 0 spiro atoms. The third-order valence-electron chi connectivity index (χ3n) is 3.72. The fraction of sp³-hybridized carbons (Fsp3) is 0.588. The lowest BCUT2D eigenvalue weighted by Gasteiger charge is -2.16. The van der Waals surface area contributed by atoms with Gasteiger partial charge < -0.3 is 20.1 Å². The molecule has 0 saturated carbocycles. The molecule has 128 valence electrons. The van der Waals surface area contributed by atoms with E-state index in [2.05, 4.69) is 24.5 Å². The highest BCUT2D eigenvalue weighted by Crippen LogP contribution is 2.36. The van der Waals surface area contributed by atoms with Crippen molar-refractivity contribution in [1.82, 2.24) is 10.6 Å². The topological polar surface area (TPSA) is 59.6 Å². The number of carbonyl (C=O) groups excluding carboxylic acids is 1. The van der Waals surface area contributed by atoms with Gasteiger partial charge in [0.1, 0.15) is 0 Å². The Hall–Kier alpha value is -1.46. The summed E-state index contributed by atoms with van der Waals surface area (Å²) in [6.45, 7) is 6.28. The molecule has 1 unspecified atom stereocenters. The summed E-state index contributed by atoms with van der Waals surface area (Å²) in [6, 6.07) is 3.64. The SMILES string of the molecule is COc1cc(C(=O)NCC2CCCN2)cc(Cl)c1OCC(C)C. The van der Waals surface area contributed by atoms with Gasteiger partial charge in [-0.05, 0) is 37.4 Å². The average Bonchev–Trinajstić information content (AvgIpc) is 3.03. The van der Waals surface area contributed by atoms with E-state index in [0.717, 1.165) is 19.4 Å². The highest BCUT2D eigenvalue weighted by molar-refractivity contribution is 6.32. The van der Waals surface area contributed by atoms with Gasteiger partial charge in [0.2, 0.25) is 0 Å². The number of hydrogen-bond donors (Lipinski definition) is 2. The zero-order valence-electron chi connectivity index (χ0n) is 13.9. The second kappa shape index (κ2) is 8.41. The maximum Gasteiger partial charge on any atom is 0.251 e. The van der Waals surface area contributed by atoms with Crippen molar-refractivity contribution in [2.45, 2.75) is 32.7 Å². The van der Waals surface area contributed by atoms with E-state index in [1.54, 1.807) is 12.1 Å². The van der Waals surface area contributed by atoms with Crippen molar-refractivity contribution < 1.29 is 14.3 Å². The summed E-state index contributed by atoms with van der Waals surface area (Å²) in [4.78, 5) is 12.3. The van der Waals surface area contributed by atoms with E-state index in [1.165, 1.54) is 7.11 Å². The van der Waals surface area contributed by atoms with Crippen LogP contribution >= 0.6 is 11.6 Å². The molecule has 2 rings (SSSR count). The Kier molecular flexibility index (Phi) is 6.54. The average molecular weight is 341 g/mol. The minimum atomic E-state index is -0.158. The van der Waals surface area contributed by atoms with Gasteiger partial charge >= 0.3 is 0 Å². The molecule has 23 heavy (non-hydrogen) atoms. The fourth-order valence-corrected chi connectivity index (χ4v) is 2.76. The maximum atomic E-state index is 12.3. The van der Waals surface area contributed by atoms with Crippen molar-refractivity contribution in [1.29, 1.82) is 0 Å². The molecule has 0 radical (unpaired) electrons. The van der Waals surface area contributed by atoms with Crippen molar-refractivity contribution in [2.75, 3.05) is 26.8 Å². The van der Waals surface area contributed by atoms with Gasteiger partial charge in [-0.25, -0.2) is 0 Å². The Morgan fingerprint density at radius 3 is 2.87 bits per heavy atom. The second-order valence-corrected chi connectivity index (χ2v) is 6.60. The van der Waals surface area contributed by atoms with Crippen LogP contribution < -0.4 is 20.1 Å². The van der Waals surface area contributed by atoms with Gasteiger partial charge in [0.05, 0.1) is 18.7 Å². The van der Waals surface area contributed by atoms with Crippen LogP contribution in [0.5, 0.6) is 11.5 Å². The fourth-order valence-electron chi connectivity index (χ4n) is 2.49. The number of nitrogens with one attached hydrogen (secondary N) is 2. The molecule has 1 atom stereocenters. The van der Waals surface area contributed by atoms with E-state index in [1.807, 2.05) is 0 Å². The summed E-state index contributed by atoms with van der Waals surface area (Å²) < 4.78 is 11.0. The first-order valence-corrected chi connectivity index (χ1v) is 8.41. The number of methoxy groups -OCH3 is 1. The molecule has 0 aliphatic carbocycles. The molecule has 1 aromatic rings. The van der Waals surface area contributed by atoms with Gasteiger partial charge in [0.15, 0.2) is 11.5 Å². The molecule has 1 aliphatic rings. The van der Waals surface area contributed by atoms with Gasteiger partial charge in [0, 0.05) is 18.2 Å². The standard InChI is InChI=1S/C17H25ClN2O3/c1-11(2)10-23-16-14(18)7-12(8-15(16)22-3)17(21)20-9-13-5-4-6-19-13/h7-8,11,13,19H,4-6,9-10H2,1-3H3,(H,20,21).